The molecule has 0 aliphatic heterocycles. The highest BCUT2D eigenvalue weighted by molar-refractivity contribution is 6.30. The van der Waals surface area contributed by atoms with Gasteiger partial charge in [-0.3, -0.25) is 5.84 Å². The summed E-state index contributed by atoms with van der Waals surface area (Å²) in [7, 11) is 0. The molecule has 0 saturated heterocycles. The molecule has 1 aromatic heterocycles. The Morgan fingerprint density at radius 2 is 2.18 bits per heavy atom. The zero-order valence-corrected chi connectivity index (χ0v) is 9.96. The number of rotatable bonds is 3. The summed E-state index contributed by atoms with van der Waals surface area (Å²) in [4.78, 5) is 0. The van der Waals surface area contributed by atoms with Crippen molar-refractivity contribution in [2.75, 3.05) is 0 Å². The molecule has 5 heteroatoms. The van der Waals surface area contributed by atoms with Crippen LogP contribution in [-0.2, 0) is 0 Å². The molecule has 0 aliphatic carbocycles. The van der Waals surface area contributed by atoms with Crippen LogP contribution in [-0.4, -0.2) is 0 Å². The fraction of sp³-hybridized carbons (Fsp3) is 0.167. The minimum absolute atomic E-state index is 0.346. The minimum Gasteiger partial charge on any atom is -0.467 e. The Kier molecular flexibility index (Phi) is 3.47. The molecule has 3 nitrogen and oxygen atoms in total. The normalized spacial score (nSPS) is 12.7. The monoisotopic (exact) mass is 254 g/mol. The van der Waals surface area contributed by atoms with E-state index < -0.39 is 11.9 Å². The summed E-state index contributed by atoms with van der Waals surface area (Å²) < 4.78 is 19.1. The Morgan fingerprint density at radius 3 is 2.71 bits per heavy atom. The van der Waals surface area contributed by atoms with Crippen molar-refractivity contribution < 1.29 is 8.81 Å². The Morgan fingerprint density at radius 1 is 1.41 bits per heavy atom. The van der Waals surface area contributed by atoms with Crippen LogP contribution in [0.3, 0.4) is 0 Å². The maximum Gasteiger partial charge on any atom is 0.129 e. The summed E-state index contributed by atoms with van der Waals surface area (Å²) in [5, 5.41) is 0.346. The predicted octanol–water partition coefficient (Wildman–Crippen LogP) is 2.93. The first-order chi connectivity index (χ1) is 8.13. The molecule has 1 aromatic carbocycles. The highest BCUT2D eigenvalue weighted by Crippen LogP contribution is 2.28. The van der Waals surface area contributed by atoms with E-state index in [1.54, 1.807) is 24.5 Å². The molecular weight excluding hydrogens is 243 g/mol. The number of aryl methyl sites for hydroxylation is 1. The number of benzene rings is 1. The molecule has 3 N–H and O–H groups in total. The third-order valence-corrected chi connectivity index (χ3v) is 2.84. The maximum absolute atomic E-state index is 13.8. The molecule has 0 bridgehead atoms. The number of hydrazine groups is 1. The van der Waals surface area contributed by atoms with Crippen LogP contribution in [0.1, 0.15) is 22.9 Å². The van der Waals surface area contributed by atoms with Crippen molar-refractivity contribution in [3.8, 4) is 0 Å². The van der Waals surface area contributed by atoms with Gasteiger partial charge >= 0.3 is 0 Å². The summed E-state index contributed by atoms with van der Waals surface area (Å²) in [5.74, 6) is 5.63. The molecule has 0 fully saturated rings. The van der Waals surface area contributed by atoms with Crippen molar-refractivity contribution >= 4 is 11.6 Å². The zero-order valence-electron chi connectivity index (χ0n) is 9.21. The van der Waals surface area contributed by atoms with Crippen LogP contribution in [0.4, 0.5) is 4.39 Å². The number of nitrogens with one attached hydrogen (secondary N) is 1. The molecule has 90 valence electrons. The van der Waals surface area contributed by atoms with Crippen LogP contribution in [0, 0.1) is 12.7 Å². The van der Waals surface area contributed by atoms with E-state index in [1.165, 1.54) is 6.07 Å². The summed E-state index contributed by atoms with van der Waals surface area (Å²) in [5.41, 5.74) is 3.85. The van der Waals surface area contributed by atoms with Crippen molar-refractivity contribution in [3.63, 3.8) is 0 Å². The molecule has 0 saturated carbocycles. The van der Waals surface area contributed by atoms with Gasteiger partial charge in [-0.05, 0) is 30.7 Å². The Labute approximate surface area is 103 Å². The Balaban J connectivity index is 2.46. The molecule has 0 radical (unpaired) electrons. The van der Waals surface area contributed by atoms with E-state index in [0.29, 0.717) is 16.3 Å². The maximum atomic E-state index is 13.8. The van der Waals surface area contributed by atoms with E-state index in [0.717, 1.165) is 5.56 Å². The van der Waals surface area contributed by atoms with E-state index in [4.69, 9.17) is 21.9 Å². The van der Waals surface area contributed by atoms with E-state index in [2.05, 4.69) is 5.43 Å². The average Bonchev–Trinajstić information content (AvgIpc) is 2.69. The molecule has 0 spiro atoms. The third-order valence-electron chi connectivity index (χ3n) is 2.60. The van der Waals surface area contributed by atoms with Gasteiger partial charge in [0.25, 0.3) is 0 Å². The zero-order chi connectivity index (χ0) is 12.4. The summed E-state index contributed by atoms with van der Waals surface area (Å²) >= 11 is 5.71. The molecule has 1 heterocycles. The second-order valence-corrected chi connectivity index (χ2v) is 4.17. The second kappa shape index (κ2) is 4.87. The molecule has 1 atom stereocenters. The van der Waals surface area contributed by atoms with Gasteiger partial charge in [0.05, 0.1) is 6.26 Å². The summed E-state index contributed by atoms with van der Waals surface area (Å²) in [6, 6.07) is 5.72. The highest BCUT2D eigenvalue weighted by Gasteiger charge is 2.21. The fourth-order valence-corrected chi connectivity index (χ4v) is 1.88. The van der Waals surface area contributed by atoms with Gasteiger partial charge < -0.3 is 4.42 Å². The minimum atomic E-state index is -0.526. The summed E-state index contributed by atoms with van der Waals surface area (Å²) in [6.45, 7) is 1.87. The van der Waals surface area contributed by atoms with E-state index >= 15 is 0 Å². The van der Waals surface area contributed by atoms with Crippen LogP contribution in [0.15, 0.2) is 34.9 Å². The van der Waals surface area contributed by atoms with E-state index in [1.807, 2.05) is 6.92 Å². The molecule has 2 rings (SSSR count). The van der Waals surface area contributed by atoms with Crippen molar-refractivity contribution in [1.82, 2.24) is 5.43 Å². The van der Waals surface area contributed by atoms with Gasteiger partial charge in [-0.1, -0.05) is 17.7 Å². The second-order valence-electron chi connectivity index (χ2n) is 3.73. The van der Waals surface area contributed by atoms with Crippen LogP contribution in [0.5, 0.6) is 0 Å². The first kappa shape index (κ1) is 12.1. The van der Waals surface area contributed by atoms with E-state index in [-0.39, 0.29) is 0 Å². The Bertz CT molecular complexity index is 527. The van der Waals surface area contributed by atoms with Crippen molar-refractivity contribution in [2.24, 2.45) is 5.84 Å². The van der Waals surface area contributed by atoms with Crippen molar-refractivity contribution in [2.45, 2.75) is 13.0 Å². The molecule has 0 amide bonds. The van der Waals surface area contributed by atoms with Gasteiger partial charge in [0.15, 0.2) is 0 Å². The molecule has 0 aliphatic rings. The average molecular weight is 255 g/mol. The van der Waals surface area contributed by atoms with Gasteiger partial charge in [0.1, 0.15) is 17.6 Å². The number of furan rings is 1. The third kappa shape index (κ3) is 2.34. The van der Waals surface area contributed by atoms with Gasteiger partial charge in [0.2, 0.25) is 0 Å². The topological polar surface area (TPSA) is 51.2 Å². The van der Waals surface area contributed by atoms with Crippen molar-refractivity contribution in [3.05, 3.63) is 58.3 Å². The van der Waals surface area contributed by atoms with Gasteiger partial charge in [-0.25, -0.2) is 9.82 Å². The lowest BCUT2D eigenvalue weighted by molar-refractivity contribution is 0.439. The molecular formula is C12H12ClFN2O. The highest BCUT2D eigenvalue weighted by atomic mass is 35.5. The summed E-state index contributed by atoms with van der Waals surface area (Å²) in [6.07, 6.45) is 1.54. The number of nitrogens with two attached hydrogens (primary N) is 1. The predicted molar refractivity (Wildman–Crippen MR) is 64.0 cm³/mol. The quantitative estimate of drug-likeness (QED) is 0.654. The van der Waals surface area contributed by atoms with Crippen LogP contribution < -0.4 is 11.3 Å². The first-order valence-corrected chi connectivity index (χ1v) is 5.46. The lowest BCUT2D eigenvalue weighted by Crippen LogP contribution is -2.29. The van der Waals surface area contributed by atoms with Crippen LogP contribution in [0.2, 0.25) is 5.02 Å². The lowest BCUT2D eigenvalue weighted by atomic mass is 10.0. The van der Waals surface area contributed by atoms with Gasteiger partial charge in [0, 0.05) is 10.6 Å². The fourth-order valence-electron chi connectivity index (χ4n) is 1.72. The standard InChI is InChI=1S/C12H12ClFN2O/c1-7-4-5-17-12(7)11(16-15)9-3-2-8(13)6-10(9)14/h2-6,11,16H,15H2,1H3. The SMILES string of the molecule is Cc1ccoc1C(NN)c1ccc(Cl)cc1F. The number of hydrogen-bond acceptors (Lipinski definition) is 3. The smallest absolute Gasteiger partial charge is 0.129 e. The van der Waals surface area contributed by atoms with E-state index in [9.17, 15) is 4.39 Å². The van der Waals surface area contributed by atoms with Gasteiger partial charge in [-0.2, -0.15) is 0 Å². The Hall–Kier alpha value is -1.36. The van der Waals surface area contributed by atoms with Crippen LogP contribution >= 0.6 is 11.6 Å². The molecule has 2 aromatic rings. The molecule has 1 unspecified atom stereocenters. The largest absolute Gasteiger partial charge is 0.467 e. The molecule has 17 heavy (non-hydrogen) atoms. The van der Waals surface area contributed by atoms with Crippen LogP contribution in [0.25, 0.3) is 0 Å². The number of hydrogen-bond donors (Lipinski definition) is 2. The first-order valence-electron chi connectivity index (χ1n) is 5.08. The van der Waals surface area contributed by atoms with Gasteiger partial charge in [-0.15, -0.1) is 0 Å². The lowest BCUT2D eigenvalue weighted by Gasteiger charge is -2.15. The number of halogens is 2. The van der Waals surface area contributed by atoms with Crippen molar-refractivity contribution in [1.29, 1.82) is 0 Å².